The SMILES string of the molecule is CCc1ccc(NC(=O)C2=Cc3cc(Cl)c(Cl)cc3OCC2)cc1. The van der Waals surface area contributed by atoms with E-state index in [0.717, 1.165) is 17.7 Å². The molecule has 1 heterocycles. The number of aryl methyl sites for hydroxylation is 1. The predicted molar refractivity (Wildman–Crippen MR) is 99.0 cm³/mol. The van der Waals surface area contributed by atoms with Gasteiger partial charge in [-0.15, -0.1) is 0 Å². The summed E-state index contributed by atoms with van der Waals surface area (Å²) in [6.45, 7) is 2.51. The summed E-state index contributed by atoms with van der Waals surface area (Å²) in [5.74, 6) is 0.501. The Kier molecular flexibility index (Phi) is 5.12. The van der Waals surface area contributed by atoms with Crippen LogP contribution in [0.2, 0.25) is 10.0 Å². The van der Waals surface area contributed by atoms with Gasteiger partial charge in [0.1, 0.15) is 5.75 Å². The molecule has 0 unspecified atom stereocenters. The van der Waals surface area contributed by atoms with Crippen LogP contribution in [-0.2, 0) is 11.2 Å². The maximum Gasteiger partial charge on any atom is 0.251 e. The summed E-state index contributed by atoms with van der Waals surface area (Å²) in [5.41, 5.74) is 3.41. The number of halogens is 2. The predicted octanol–water partition coefficient (Wildman–Crippen LogP) is 5.36. The zero-order valence-electron chi connectivity index (χ0n) is 13.2. The standard InChI is InChI=1S/C19H17Cl2NO2/c1-2-12-3-5-15(6-4-12)22-19(23)13-7-8-24-18-11-17(21)16(20)10-14(18)9-13/h3-6,9-11H,2,7-8H2,1H3,(H,22,23). The third kappa shape index (κ3) is 3.74. The van der Waals surface area contributed by atoms with E-state index >= 15 is 0 Å². The van der Waals surface area contributed by atoms with Gasteiger partial charge < -0.3 is 10.1 Å². The summed E-state index contributed by atoms with van der Waals surface area (Å²) in [7, 11) is 0. The van der Waals surface area contributed by atoms with Crippen LogP contribution in [0.5, 0.6) is 5.75 Å². The Morgan fingerprint density at radius 3 is 2.58 bits per heavy atom. The van der Waals surface area contributed by atoms with Gasteiger partial charge in [-0.3, -0.25) is 4.79 Å². The first-order valence-electron chi connectivity index (χ1n) is 7.79. The van der Waals surface area contributed by atoms with Crippen LogP contribution in [0.4, 0.5) is 5.69 Å². The van der Waals surface area contributed by atoms with E-state index in [2.05, 4.69) is 12.2 Å². The van der Waals surface area contributed by atoms with Crippen LogP contribution in [0.1, 0.15) is 24.5 Å². The molecule has 3 rings (SSSR count). The molecule has 0 bridgehead atoms. The normalized spacial score (nSPS) is 13.4. The summed E-state index contributed by atoms with van der Waals surface area (Å²) in [6.07, 6.45) is 3.29. The lowest BCUT2D eigenvalue weighted by Crippen LogP contribution is -2.15. The number of fused-ring (bicyclic) bond motifs is 1. The van der Waals surface area contributed by atoms with E-state index in [0.29, 0.717) is 34.4 Å². The van der Waals surface area contributed by atoms with E-state index < -0.39 is 0 Å². The van der Waals surface area contributed by atoms with Crippen LogP contribution >= 0.6 is 23.2 Å². The molecule has 0 spiro atoms. The van der Waals surface area contributed by atoms with Crippen molar-refractivity contribution < 1.29 is 9.53 Å². The lowest BCUT2D eigenvalue weighted by atomic mass is 10.1. The number of carbonyl (C=O) groups is 1. The minimum atomic E-state index is -0.137. The Bertz CT molecular complexity index is 798. The van der Waals surface area contributed by atoms with Crippen LogP contribution in [0.15, 0.2) is 42.0 Å². The maximum absolute atomic E-state index is 12.5. The minimum absolute atomic E-state index is 0.137. The van der Waals surface area contributed by atoms with Gasteiger partial charge in [0.05, 0.1) is 16.7 Å². The number of nitrogens with one attached hydrogen (secondary N) is 1. The van der Waals surface area contributed by atoms with Gasteiger partial charge in [0.25, 0.3) is 5.91 Å². The van der Waals surface area contributed by atoms with Gasteiger partial charge in [0, 0.05) is 29.3 Å². The van der Waals surface area contributed by atoms with Gasteiger partial charge in [-0.05, 0) is 36.3 Å². The van der Waals surface area contributed by atoms with Crippen molar-refractivity contribution >= 4 is 40.9 Å². The molecular weight excluding hydrogens is 345 g/mol. The Morgan fingerprint density at radius 1 is 1.17 bits per heavy atom. The van der Waals surface area contributed by atoms with Crippen molar-refractivity contribution in [3.63, 3.8) is 0 Å². The zero-order chi connectivity index (χ0) is 17.1. The van der Waals surface area contributed by atoms with Gasteiger partial charge >= 0.3 is 0 Å². The Hall–Kier alpha value is -1.97. The topological polar surface area (TPSA) is 38.3 Å². The molecule has 1 amide bonds. The zero-order valence-corrected chi connectivity index (χ0v) is 14.7. The third-order valence-corrected chi connectivity index (χ3v) is 4.65. The molecule has 24 heavy (non-hydrogen) atoms. The minimum Gasteiger partial charge on any atom is -0.493 e. The number of rotatable bonds is 3. The van der Waals surface area contributed by atoms with Gasteiger partial charge in [0.2, 0.25) is 0 Å². The van der Waals surface area contributed by atoms with Crippen molar-refractivity contribution in [2.45, 2.75) is 19.8 Å². The first-order valence-corrected chi connectivity index (χ1v) is 8.55. The average Bonchev–Trinajstić information content (AvgIpc) is 2.78. The first-order chi connectivity index (χ1) is 11.6. The highest BCUT2D eigenvalue weighted by Crippen LogP contribution is 2.34. The second-order valence-electron chi connectivity index (χ2n) is 5.58. The van der Waals surface area contributed by atoms with Crippen LogP contribution in [-0.4, -0.2) is 12.5 Å². The summed E-state index contributed by atoms with van der Waals surface area (Å²) in [6, 6.07) is 11.2. The molecule has 0 aliphatic carbocycles. The lowest BCUT2D eigenvalue weighted by molar-refractivity contribution is -0.113. The van der Waals surface area contributed by atoms with E-state index in [4.69, 9.17) is 27.9 Å². The van der Waals surface area contributed by atoms with E-state index in [1.165, 1.54) is 5.56 Å². The number of ether oxygens (including phenoxy) is 1. The average molecular weight is 362 g/mol. The number of amides is 1. The van der Waals surface area contributed by atoms with E-state index in [9.17, 15) is 4.79 Å². The number of hydrogen-bond donors (Lipinski definition) is 1. The Balaban J connectivity index is 1.83. The van der Waals surface area contributed by atoms with E-state index in [1.807, 2.05) is 24.3 Å². The Labute approximate surface area is 151 Å². The first kappa shape index (κ1) is 16.9. The summed E-state index contributed by atoms with van der Waals surface area (Å²) in [4.78, 5) is 12.5. The summed E-state index contributed by atoms with van der Waals surface area (Å²) < 4.78 is 5.67. The quantitative estimate of drug-likeness (QED) is 0.798. The maximum atomic E-state index is 12.5. The van der Waals surface area contributed by atoms with Crippen molar-refractivity contribution in [2.24, 2.45) is 0 Å². The molecule has 1 aliphatic heterocycles. The highest BCUT2D eigenvalue weighted by Gasteiger charge is 2.17. The summed E-state index contributed by atoms with van der Waals surface area (Å²) in [5, 5.41) is 3.80. The largest absolute Gasteiger partial charge is 0.493 e. The molecule has 2 aromatic carbocycles. The van der Waals surface area contributed by atoms with Crippen LogP contribution in [0, 0.1) is 0 Å². The molecule has 1 aliphatic rings. The fourth-order valence-corrected chi connectivity index (χ4v) is 2.85. The molecular formula is C19H17Cl2NO2. The van der Waals surface area contributed by atoms with Gasteiger partial charge in [-0.25, -0.2) is 0 Å². The molecule has 0 fully saturated rings. The number of benzene rings is 2. The van der Waals surface area contributed by atoms with E-state index in [-0.39, 0.29) is 5.91 Å². The smallest absolute Gasteiger partial charge is 0.251 e. The fraction of sp³-hybridized carbons (Fsp3) is 0.211. The molecule has 2 aromatic rings. The molecule has 5 heteroatoms. The van der Waals surface area contributed by atoms with Crippen LogP contribution < -0.4 is 10.1 Å². The molecule has 124 valence electrons. The van der Waals surface area contributed by atoms with Crippen molar-refractivity contribution in [3.05, 3.63) is 63.1 Å². The van der Waals surface area contributed by atoms with Gasteiger partial charge in [-0.2, -0.15) is 0 Å². The molecule has 0 saturated carbocycles. The van der Waals surface area contributed by atoms with Gasteiger partial charge in [-0.1, -0.05) is 42.3 Å². The second kappa shape index (κ2) is 7.29. The summed E-state index contributed by atoms with van der Waals surface area (Å²) >= 11 is 12.1. The number of hydrogen-bond acceptors (Lipinski definition) is 2. The molecule has 3 nitrogen and oxygen atoms in total. The van der Waals surface area contributed by atoms with Crippen molar-refractivity contribution in [1.29, 1.82) is 0 Å². The molecule has 0 aromatic heterocycles. The molecule has 0 atom stereocenters. The molecule has 0 saturated heterocycles. The third-order valence-electron chi connectivity index (χ3n) is 3.92. The van der Waals surface area contributed by atoms with Crippen molar-refractivity contribution in [1.82, 2.24) is 0 Å². The highest BCUT2D eigenvalue weighted by atomic mass is 35.5. The Morgan fingerprint density at radius 2 is 1.88 bits per heavy atom. The van der Waals surface area contributed by atoms with Gasteiger partial charge in [0.15, 0.2) is 0 Å². The van der Waals surface area contributed by atoms with Crippen LogP contribution in [0.3, 0.4) is 0 Å². The number of carbonyl (C=O) groups excluding carboxylic acids is 1. The van der Waals surface area contributed by atoms with Crippen molar-refractivity contribution in [3.8, 4) is 5.75 Å². The monoisotopic (exact) mass is 361 g/mol. The van der Waals surface area contributed by atoms with E-state index in [1.54, 1.807) is 18.2 Å². The highest BCUT2D eigenvalue weighted by molar-refractivity contribution is 6.42. The molecule has 0 radical (unpaired) electrons. The lowest BCUT2D eigenvalue weighted by Gasteiger charge is -2.08. The molecule has 1 N–H and O–H groups in total. The number of anilines is 1. The van der Waals surface area contributed by atoms with Crippen LogP contribution in [0.25, 0.3) is 6.08 Å². The second-order valence-corrected chi connectivity index (χ2v) is 6.39. The fourth-order valence-electron chi connectivity index (χ4n) is 2.53. The van der Waals surface area contributed by atoms with Crippen molar-refractivity contribution in [2.75, 3.05) is 11.9 Å².